The molecule has 4 heterocycles. The molecule has 2 aliphatic heterocycles. The van der Waals surface area contributed by atoms with Gasteiger partial charge in [0.15, 0.2) is 0 Å². The van der Waals surface area contributed by atoms with E-state index in [4.69, 9.17) is 21.1 Å². The third-order valence-electron chi connectivity index (χ3n) is 4.53. The van der Waals surface area contributed by atoms with Crippen LogP contribution in [0.15, 0.2) is 24.5 Å². The van der Waals surface area contributed by atoms with Gasteiger partial charge in [0.25, 0.3) is 0 Å². The minimum atomic E-state index is 0.345. The quantitative estimate of drug-likeness (QED) is 0.607. The highest BCUT2D eigenvalue weighted by molar-refractivity contribution is 6.30. The van der Waals surface area contributed by atoms with E-state index in [1.807, 2.05) is 13.0 Å². The Morgan fingerprint density at radius 3 is 2.36 bits per heavy atom. The molecule has 2 aromatic heterocycles. The first-order valence-corrected chi connectivity index (χ1v) is 9.78. The standard InChI is InChI=1S/C18H18ClN3O2.C3H7N/c1-12-13(3-4-14-8-16(23-2)9-22-18(14)19)7-17(10-21-12)24-11-15-5-6-20-15;1-2-4-3-1/h7-10,15,20H,5-6,11H2,1-2H3;4H,1-3H2. The summed E-state index contributed by atoms with van der Waals surface area (Å²) in [6, 6.07) is 4.09. The van der Waals surface area contributed by atoms with Gasteiger partial charge < -0.3 is 20.1 Å². The molecule has 0 aromatic carbocycles. The molecule has 1 atom stereocenters. The fraction of sp³-hybridized carbons (Fsp3) is 0.429. The Morgan fingerprint density at radius 2 is 1.75 bits per heavy atom. The molecule has 2 N–H and O–H groups in total. The smallest absolute Gasteiger partial charge is 0.144 e. The van der Waals surface area contributed by atoms with E-state index in [1.165, 1.54) is 19.5 Å². The van der Waals surface area contributed by atoms with Crippen molar-refractivity contribution in [2.75, 3.05) is 33.4 Å². The van der Waals surface area contributed by atoms with Crippen molar-refractivity contribution >= 4 is 11.6 Å². The van der Waals surface area contributed by atoms with Crippen LogP contribution in [0.3, 0.4) is 0 Å². The fourth-order valence-electron chi connectivity index (χ4n) is 2.35. The number of ether oxygens (including phenoxy) is 2. The molecule has 28 heavy (non-hydrogen) atoms. The minimum absolute atomic E-state index is 0.345. The number of nitrogens with one attached hydrogen (secondary N) is 2. The van der Waals surface area contributed by atoms with Crippen LogP contribution in [0.5, 0.6) is 11.5 Å². The van der Waals surface area contributed by atoms with E-state index in [9.17, 15) is 0 Å². The molecule has 7 heteroatoms. The molecule has 0 aliphatic carbocycles. The second-order valence-corrected chi connectivity index (χ2v) is 6.98. The number of aromatic nitrogens is 2. The Bertz CT molecular complexity index is 851. The van der Waals surface area contributed by atoms with Gasteiger partial charge in [-0.3, -0.25) is 4.98 Å². The summed E-state index contributed by atoms with van der Waals surface area (Å²) in [5.74, 6) is 7.45. The van der Waals surface area contributed by atoms with Crippen LogP contribution in [-0.2, 0) is 0 Å². The molecule has 0 amide bonds. The predicted molar refractivity (Wildman–Crippen MR) is 110 cm³/mol. The largest absolute Gasteiger partial charge is 0.495 e. The van der Waals surface area contributed by atoms with E-state index in [0.717, 1.165) is 24.2 Å². The van der Waals surface area contributed by atoms with E-state index in [-0.39, 0.29) is 0 Å². The molecule has 2 saturated heterocycles. The zero-order valence-corrected chi connectivity index (χ0v) is 17.0. The number of hydrogen-bond donors (Lipinski definition) is 2. The lowest BCUT2D eigenvalue weighted by molar-refractivity contribution is 0.217. The number of nitrogens with zero attached hydrogens (tertiary/aromatic N) is 2. The van der Waals surface area contributed by atoms with Crippen LogP contribution in [0, 0.1) is 18.8 Å². The average Bonchev–Trinajstić information content (AvgIpc) is 2.60. The van der Waals surface area contributed by atoms with Crippen molar-refractivity contribution in [1.29, 1.82) is 0 Å². The minimum Gasteiger partial charge on any atom is -0.495 e. The van der Waals surface area contributed by atoms with Gasteiger partial charge in [0.1, 0.15) is 23.3 Å². The SMILES string of the molecule is C1CNC1.COc1cnc(Cl)c(C#Cc2cc(OCC3CCN3)cnc2C)c1. The summed E-state index contributed by atoms with van der Waals surface area (Å²) in [6.45, 7) is 6.11. The van der Waals surface area contributed by atoms with Gasteiger partial charge in [0, 0.05) is 17.7 Å². The van der Waals surface area contributed by atoms with Gasteiger partial charge in [-0.2, -0.15) is 0 Å². The second kappa shape index (κ2) is 10.3. The van der Waals surface area contributed by atoms with E-state index in [1.54, 1.807) is 25.6 Å². The van der Waals surface area contributed by atoms with E-state index in [0.29, 0.717) is 34.9 Å². The molecule has 6 nitrogen and oxygen atoms in total. The van der Waals surface area contributed by atoms with Crippen molar-refractivity contribution < 1.29 is 9.47 Å². The van der Waals surface area contributed by atoms with Crippen molar-refractivity contribution in [3.8, 4) is 23.3 Å². The molecular formula is C21H25ClN4O2. The second-order valence-electron chi connectivity index (χ2n) is 6.62. The number of pyridine rings is 2. The summed E-state index contributed by atoms with van der Waals surface area (Å²) in [5, 5.41) is 6.75. The van der Waals surface area contributed by atoms with E-state index in [2.05, 4.69) is 32.4 Å². The van der Waals surface area contributed by atoms with Gasteiger partial charge >= 0.3 is 0 Å². The third-order valence-corrected chi connectivity index (χ3v) is 4.83. The maximum absolute atomic E-state index is 6.08. The molecular weight excluding hydrogens is 376 g/mol. The highest BCUT2D eigenvalue weighted by Gasteiger charge is 2.16. The molecule has 0 spiro atoms. The zero-order chi connectivity index (χ0) is 19.8. The molecule has 148 valence electrons. The van der Waals surface area contributed by atoms with Crippen LogP contribution in [-0.4, -0.2) is 49.4 Å². The lowest BCUT2D eigenvalue weighted by atomic mass is 10.1. The van der Waals surface area contributed by atoms with Crippen LogP contribution >= 0.6 is 11.6 Å². The number of rotatable bonds is 4. The monoisotopic (exact) mass is 400 g/mol. The maximum Gasteiger partial charge on any atom is 0.144 e. The van der Waals surface area contributed by atoms with E-state index >= 15 is 0 Å². The lowest BCUT2D eigenvalue weighted by Gasteiger charge is -2.27. The topological polar surface area (TPSA) is 68.3 Å². The van der Waals surface area contributed by atoms with Crippen LogP contribution in [0.4, 0.5) is 0 Å². The Kier molecular flexibility index (Phi) is 7.49. The van der Waals surface area contributed by atoms with Crippen molar-refractivity contribution in [2.45, 2.75) is 25.8 Å². The van der Waals surface area contributed by atoms with Crippen LogP contribution in [0.1, 0.15) is 29.7 Å². The number of methoxy groups -OCH3 is 1. The van der Waals surface area contributed by atoms with E-state index < -0.39 is 0 Å². The first kappa shape index (κ1) is 20.4. The van der Waals surface area contributed by atoms with Gasteiger partial charge in [0.05, 0.1) is 30.8 Å². The molecule has 0 radical (unpaired) electrons. The van der Waals surface area contributed by atoms with Gasteiger partial charge in [-0.15, -0.1) is 0 Å². The van der Waals surface area contributed by atoms with Gasteiger partial charge in [0.2, 0.25) is 0 Å². The van der Waals surface area contributed by atoms with Crippen molar-refractivity contribution in [3.05, 3.63) is 46.5 Å². The van der Waals surface area contributed by atoms with Crippen molar-refractivity contribution in [2.24, 2.45) is 0 Å². The Hall–Kier alpha value is -2.33. The fourth-order valence-corrected chi connectivity index (χ4v) is 2.50. The zero-order valence-electron chi connectivity index (χ0n) is 16.2. The van der Waals surface area contributed by atoms with Gasteiger partial charge in [-0.25, -0.2) is 4.98 Å². The highest BCUT2D eigenvalue weighted by atomic mass is 35.5. The Balaban J connectivity index is 0.000000500. The predicted octanol–water partition coefficient (Wildman–Crippen LogP) is 2.57. The Labute approximate surface area is 171 Å². The molecule has 2 aromatic rings. The third kappa shape index (κ3) is 5.83. The van der Waals surface area contributed by atoms with Gasteiger partial charge in [-0.05, 0) is 45.5 Å². The molecule has 4 rings (SSSR count). The first-order valence-electron chi connectivity index (χ1n) is 9.41. The summed E-state index contributed by atoms with van der Waals surface area (Å²) >= 11 is 6.08. The van der Waals surface area contributed by atoms with Crippen LogP contribution in [0.2, 0.25) is 5.15 Å². The van der Waals surface area contributed by atoms with Crippen molar-refractivity contribution in [3.63, 3.8) is 0 Å². The lowest BCUT2D eigenvalue weighted by Crippen LogP contribution is -2.46. The summed E-state index contributed by atoms with van der Waals surface area (Å²) in [6.07, 6.45) is 5.82. The van der Waals surface area contributed by atoms with Gasteiger partial charge in [-0.1, -0.05) is 23.4 Å². The first-order chi connectivity index (χ1) is 13.7. The van der Waals surface area contributed by atoms with Crippen LogP contribution in [0.25, 0.3) is 0 Å². The maximum atomic E-state index is 6.08. The molecule has 0 saturated carbocycles. The molecule has 1 unspecified atom stereocenters. The highest BCUT2D eigenvalue weighted by Crippen LogP contribution is 2.19. The summed E-state index contributed by atoms with van der Waals surface area (Å²) in [7, 11) is 1.58. The molecule has 2 aliphatic rings. The summed E-state index contributed by atoms with van der Waals surface area (Å²) in [4.78, 5) is 8.41. The van der Waals surface area contributed by atoms with Crippen LogP contribution < -0.4 is 20.1 Å². The summed E-state index contributed by atoms with van der Waals surface area (Å²) in [5.41, 5.74) is 2.25. The molecule has 2 fully saturated rings. The average molecular weight is 401 g/mol. The number of halogens is 1. The Morgan fingerprint density at radius 1 is 1.11 bits per heavy atom. The number of aryl methyl sites for hydroxylation is 1. The van der Waals surface area contributed by atoms with Crippen molar-refractivity contribution in [1.82, 2.24) is 20.6 Å². The number of hydrogen-bond acceptors (Lipinski definition) is 6. The normalized spacial score (nSPS) is 17.0. The molecule has 0 bridgehead atoms. The summed E-state index contributed by atoms with van der Waals surface area (Å²) < 4.78 is 10.9.